The Kier molecular flexibility index (Phi) is 5.71. The average Bonchev–Trinajstić information content (AvgIpc) is 2.03. The summed E-state index contributed by atoms with van der Waals surface area (Å²) < 4.78 is 5.61. The van der Waals surface area contributed by atoms with Crippen molar-refractivity contribution in [3.63, 3.8) is 0 Å². The van der Waals surface area contributed by atoms with Crippen LogP contribution >= 0.6 is 0 Å². The lowest BCUT2D eigenvalue weighted by Gasteiger charge is -2.23. The normalized spacial score (nSPS) is 11.4. The number of rotatable bonds is 6. The highest BCUT2D eigenvalue weighted by Gasteiger charge is 2.14. The first kappa shape index (κ1) is 12.4. The third-order valence-corrected chi connectivity index (χ3v) is 2.04. The zero-order valence-electron chi connectivity index (χ0n) is 9.14. The van der Waals surface area contributed by atoms with Crippen molar-refractivity contribution < 1.29 is 9.53 Å². The van der Waals surface area contributed by atoms with Crippen LogP contribution in [-0.2, 0) is 9.53 Å². The SMILES string of the molecule is CCC(C)(C)OCCCNC(C)=O. The Morgan fingerprint density at radius 1 is 1.46 bits per heavy atom. The van der Waals surface area contributed by atoms with Crippen LogP contribution in [0.1, 0.15) is 40.5 Å². The van der Waals surface area contributed by atoms with Gasteiger partial charge in [0.2, 0.25) is 5.91 Å². The molecule has 0 saturated heterocycles. The summed E-state index contributed by atoms with van der Waals surface area (Å²) in [6, 6.07) is 0. The van der Waals surface area contributed by atoms with E-state index in [0.29, 0.717) is 13.2 Å². The Labute approximate surface area is 80.8 Å². The van der Waals surface area contributed by atoms with E-state index in [4.69, 9.17) is 4.74 Å². The number of carbonyl (C=O) groups excluding carboxylic acids is 1. The minimum atomic E-state index is -0.0315. The highest BCUT2D eigenvalue weighted by Crippen LogP contribution is 2.13. The molecule has 3 heteroatoms. The van der Waals surface area contributed by atoms with Gasteiger partial charge in [-0.05, 0) is 26.7 Å². The van der Waals surface area contributed by atoms with Crippen LogP contribution < -0.4 is 5.32 Å². The van der Waals surface area contributed by atoms with Crippen molar-refractivity contribution in [2.24, 2.45) is 0 Å². The molecule has 1 N–H and O–H groups in total. The van der Waals surface area contributed by atoms with E-state index < -0.39 is 0 Å². The fraction of sp³-hybridized carbons (Fsp3) is 0.900. The molecule has 78 valence electrons. The van der Waals surface area contributed by atoms with Gasteiger partial charge in [-0.2, -0.15) is 0 Å². The molecule has 0 saturated carbocycles. The van der Waals surface area contributed by atoms with Crippen molar-refractivity contribution >= 4 is 5.91 Å². The van der Waals surface area contributed by atoms with E-state index in [1.807, 2.05) is 0 Å². The highest BCUT2D eigenvalue weighted by atomic mass is 16.5. The minimum Gasteiger partial charge on any atom is -0.376 e. The maximum absolute atomic E-state index is 10.5. The Morgan fingerprint density at radius 2 is 2.08 bits per heavy atom. The van der Waals surface area contributed by atoms with Gasteiger partial charge in [0, 0.05) is 20.1 Å². The Bertz CT molecular complexity index is 155. The number of nitrogens with one attached hydrogen (secondary N) is 1. The van der Waals surface area contributed by atoms with Crippen molar-refractivity contribution in [1.82, 2.24) is 5.32 Å². The maximum atomic E-state index is 10.5. The first-order valence-corrected chi connectivity index (χ1v) is 4.86. The van der Waals surface area contributed by atoms with Gasteiger partial charge in [-0.1, -0.05) is 6.92 Å². The zero-order chi connectivity index (χ0) is 10.3. The van der Waals surface area contributed by atoms with E-state index in [9.17, 15) is 4.79 Å². The Hall–Kier alpha value is -0.570. The van der Waals surface area contributed by atoms with E-state index in [1.54, 1.807) is 0 Å². The maximum Gasteiger partial charge on any atom is 0.216 e. The second-order valence-corrected chi connectivity index (χ2v) is 3.80. The third-order valence-electron chi connectivity index (χ3n) is 2.04. The van der Waals surface area contributed by atoms with E-state index in [0.717, 1.165) is 12.8 Å². The number of carbonyl (C=O) groups is 1. The van der Waals surface area contributed by atoms with E-state index >= 15 is 0 Å². The van der Waals surface area contributed by atoms with E-state index in [-0.39, 0.29) is 11.5 Å². The molecule has 0 unspecified atom stereocenters. The molecule has 0 aromatic rings. The Morgan fingerprint density at radius 3 is 2.54 bits per heavy atom. The highest BCUT2D eigenvalue weighted by molar-refractivity contribution is 5.72. The van der Waals surface area contributed by atoms with Crippen molar-refractivity contribution in [3.8, 4) is 0 Å². The van der Waals surface area contributed by atoms with Gasteiger partial charge in [0.05, 0.1) is 5.60 Å². The smallest absolute Gasteiger partial charge is 0.216 e. The van der Waals surface area contributed by atoms with Gasteiger partial charge in [0.15, 0.2) is 0 Å². The lowest BCUT2D eigenvalue weighted by atomic mass is 10.1. The van der Waals surface area contributed by atoms with E-state index in [2.05, 4.69) is 26.1 Å². The van der Waals surface area contributed by atoms with Gasteiger partial charge in [-0.3, -0.25) is 4.79 Å². The monoisotopic (exact) mass is 187 g/mol. The number of hydrogen-bond donors (Lipinski definition) is 1. The topological polar surface area (TPSA) is 38.3 Å². The summed E-state index contributed by atoms with van der Waals surface area (Å²) >= 11 is 0. The van der Waals surface area contributed by atoms with Gasteiger partial charge in [0.1, 0.15) is 0 Å². The summed E-state index contributed by atoms with van der Waals surface area (Å²) in [4.78, 5) is 10.5. The predicted octanol–water partition coefficient (Wildman–Crippen LogP) is 1.72. The molecule has 1 amide bonds. The first-order valence-electron chi connectivity index (χ1n) is 4.86. The van der Waals surface area contributed by atoms with Gasteiger partial charge in [0.25, 0.3) is 0 Å². The quantitative estimate of drug-likeness (QED) is 0.643. The average molecular weight is 187 g/mol. The fourth-order valence-corrected chi connectivity index (χ4v) is 0.787. The number of amides is 1. The molecule has 0 heterocycles. The molecular formula is C10H21NO2. The van der Waals surface area contributed by atoms with Crippen LogP contribution in [0.4, 0.5) is 0 Å². The van der Waals surface area contributed by atoms with Gasteiger partial charge in [-0.25, -0.2) is 0 Å². The lowest BCUT2D eigenvalue weighted by molar-refractivity contribution is -0.119. The molecular weight excluding hydrogens is 166 g/mol. The summed E-state index contributed by atoms with van der Waals surface area (Å²) in [6.07, 6.45) is 1.89. The summed E-state index contributed by atoms with van der Waals surface area (Å²) in [5, 5.41) is 2.73. The minimum absolute atomic E-state index is 0.0229. The summed E-state index contributed by atoms with van der Waals surface area (Å²) in [6.45, 7) is 9.19. The fourth-order valence-electron chi connectivity index (χ4n) is 0.787. The molecule has 0 aromatic carbocycles. The van der Waals surface area contributed by atoms with Crippen LogP contribution in [0.25, 0.3) is 0 Å². The Balaban J connectivity index is 3.30. The van der Waals surface area contributed by atoms with Gasteiger partial charge in [-0.15, -0.1) is 0 Å². The second kappa shape index (κ2) is 5.97. The summed E-state index contributed by atoms with van der Waals surface area (Å²) in [7, 11) is 0. The van der Waals surface area contributed by atoms with E-state index in [1.165, 1.54) is 6.92 Å². The summed E-state index contributed by atoms with van der Waals surface area (Å²) in [5.74, 6) is 0.0229. The molecule has 0 spiro atoms. The van der Waals surface area contributed by atoms with Crippen LogP contribution in [0.2, 0.25) is 0 Å². The lowest BCUT2D eigenvalue weighted by Crippen LogP contribution is -2.26. The van der Waals surface area contributed by atoms with Crippen LogP contribution in [0, 0.1) is 0 Å². The molecule has 0 rings (SSSR count). The van der Waals surface area contributed by atoms with Crippen molar-refractivity contribution in [2.45, 2.75) is 46.1 Å². The molecule has 0 aromatic heterocycles. The number of hydrogen-bond acceptors (Lipinski definition) is 2. The van der Waals surface area contributed by atoms with Gasteiger partial charge >= 0.3 is 0 Å². The molecule has 0 aliphatic rings. The largest absolute Gasteiger partial charge is 0.376 e. The molecule has 0 radical (unpaired) electrons. The second-order valence-electron chi connectivity index (χ2n) is 3.80. The molecule has 3 nitrogen and oxygen atoms in total. The molecule has 0 fully saturated rings. The molecule has 13 heavy (non-hydrogen) atoms. The van der Waals surface area contributed by atoms with Crippen molar-refractivity contribution in [1.29, 1.82) is 0 Å². The van der Waals surface area contributed by atoms with Crippen LogP contribution in [0.3, 0.4) is 0 Å². The first-order chi connectivity index (χ1) is 5.98. The van der Waals surface area contributed by atoms with Crippen LogP contribution in [0.15, 0.2) is 0 Å². The molecule has 0 bridgehead atoms. The van der Waals surface area contributed by atoms with Crippen LogP contribution in [-0.4, -0.2) is 24.7 Å². The predicted molar refractivity (Wildman–Crippen MR) is 53.6 cm³/mol. The third kappa shape index (κ3) is 7.78. The van der Waals surface area contributed by atoms with Crippen molar-refractivity contribution in [3.05, 3.63) is 0 Å². The molecule has 0 aliphatic heterocycles. The molecule has 0 aliphatic carbocycles. The van der Waals surface area contributed by atoms with Gasteiger partial charge < -0.3 is 10.1 Å². The standard InChI is InChI=1S/C10H21NO2/c1-5-10(3,4)13-8-6-7-11-9(2)12/h5-8H2,1-4H3,(H,11,12). The van der Waals surface area contributed by atoms with Crippen molar-refractivity contribution in [2.75, 3.05) is 13.2 Å². The van der Waals surface area contributed by atoms with Crippen LogP contribution in [0.5, 0.6) is 0 Å². The molecule has 0 atom stereocenters. The zero-order valence-corrected chi connectivity index (χ0v) is 9.14. The summed E-state index contributed by atoms with van der Waals surface area (Å²) in [5.41, 5.74) is -0.0315. The number of ether oxygens (including phenoxy) is 1.